The number of aryl methyl sites for hydroxylation is 2. The van der Waals surface area contributed by atoms with Crippen molar-refractivity contribution < 1.29 is 9.53 Å². The summed E-state index contributed by atoms with van der Waals surface area (Å²) in [6, 6.07) is 21.6. The Labute approximate surface area is 167 Å². The highest BCUT2D eigenvalue weighted by Crippen LogP contribution is 2.31. The summed E-state index contributed by atoms with van der Waals surface area (Å²) in [5.41, 5.74) is 5.03. The first kappa shape index (κ1) is 18.2. The molecule has 0 aliphatic rings. The van der Waals surface area contributed by atoms with Gasteiger partial charge in [0.25, 0.3) is 5.91 Å². The molecule has 4 rings (SSSR count). The second-order valence-corrected chi connectivity index (χ2v) is 7.68. The average molecular weight is 388 g/mol. The largest absolute Gasteiger partial charge is 0.484 e. The first-order valence-electron chi connectivity index (χ1n) is 9.04. The lowest BCUT2D eigenvalue weighted by Crippen LogP contribution is -2.20. The molecule has 3 aromatic carbocycles. The third-order valence-corrected chi connectivity index (χ3v) is 5.62. The number of thiazole rings is 1. The Hall–Kier alpha value is -3.18. The molecule has 0 radical (unpaired) electrons. The molecule has 4 nitrogen and oxygen atoms in total. The molecule has 1 aromatic heterocycles. The molecule has 0 aliphatic heterocycles. The number of amides is 1. The number of nitrogens with zero attached hydrogens (tertiary/aromatic N) is 1. The zero-order valence-corrected chi connectivity index (χ0v) is 16.5. The lowest BCUT2D eigenvalue weighted by molar-refractivity contribution is -0.118. The van der Waals surface area contributed by atoms with Crippen molar-refractivity contribution in [3.05, 3.63) is 77.9 Å². The van der Waals surface area contributed by atoms with Crippen LogP contribution in [0, 0.1) is 13.8 Å². The Morgan fingerprint density at radius 2 is 1.86 bits per heavy atom. The molecule has 0 unspecified atom stereocenters. The molecule has 1 amide bonds. The predicted molar refractivity (Wildman–Crippen MR) is 115 cm³/mol. The van der Waals surface area contributed by atoms with Crippen LogP contribution in [0.15, 0.2) is 66.7 Å². The van der Waals surface area contributed by atoms with Crippen LogP contribution in [0.3, 0.4) is 0 Å². The molecule has 1 heterocycles. The summed E-state index contributed by atoms with van der Waals surface area (Å²) in [5, 5.41) is 3.83. The number of hydrogen-bond donors (Lipinski definition) is 1. The van der Waals surface area contributed by atoms with Crippen molar-refractivity contribution in [2.75, 3.05) is 11.9 Å². The third kappa shape index (κ3) is 4.05. The molecule has 28 heavy (non-hydrogen) atoms. The fourth-order valence-corrected chi connectivity index (χ4v) is 3.84. The zero-order valence-electron chi connectivity index (χ0n) is 15.7. The van der Waals surface area contributed by atoms with Gasteiger partial charge in [-0.3, -0.25) is 4.79 Å². The number of nitrogens with one attached hydrogen (secondary N) is 1. The molecule has 4 aromatic rings. The number of rotatable bonds is 5. The van der Waals surface area contributed by atoms with E-state index >= 15 is 0 Å². The van der Waals surface area contributed by atoms with E-state index in [2.05, 4.69) is 16.4 Å². The number of ether oxygens (including phenoxy) is 1. The fraction of sp³-hybridized carbons (Fsp3) is 0.130. The molecule has 1 N–H and O–H groups in total. The number of fused-ring (bicyclic) bond motifs is 1. The van der Waals surface area contributed by atoms with E-state index in [1.807, 2.05) is 74.5 Å². The molecule has 140 valence electrons. The first-order chi connectivity index (χ1) is 13.6. The average Bonchev–Trinajstić information content (AvgIpc) is 3.13. The summed E-state index contributed by atoms with van der Waals surface area (Å²) in [4.78, 5) is 17.0. The normalized spacial score (nSPS) is 10.8. The summed E-state index contributed by atoms with van der Waals surface area (Å²) in [6.45, 7) is 4.04. The van der Waals surface area contributed by atoms with Crippen molar-refractivity contribution in [3.8, 4) is 16.3 Å². The number of para-hydroxylation sites is 1. The molecule has 0 saturated carbocycles. The van der Waals surface area contributed by atoms with Crippen molar-refractivity contribution in [1.29, 1.82) is 0 Å². The number of hydrogen-bond acceptors (Lipinski definition) is 4. The van der Waals surface area contributed by atoms with Crippen LogP contribution in [0.4, 0.5) is 5.69 Å². The van der Waals surface area contributed by atoms with Crippen LogP contribution < -0.4 is 10.1 Å². The van der Waals surface area contributed by atoms with Gasteiger partial charge in [-0.25, -0.2) is 4.98 Å². The highest BCUT2D eigenvalue weighted by Gasteiger charge is 2.09. The van der Waals surface area contributed by atoms with E-state index in [-0.39, 0.29) is 12.5 Å². The fourth-order valence-electron chi connectivity index (χ4n) is 2.88. The van der Waals surface area contributed by atoms with Gasteiger partial charge in [-0.1, -0.05) is 30.3 Å². The van der Waals surface area contributed by atoms with Crippen molar-refractivity contribution >= 4 is 33.1 Å². The van der Waals surface area contributed by atoms with Crippen molar-refractivity contribution in [3.63, 3.8) is 0 Å². The van der Waals surface area contributed by atoms with E-state index < -0.39 is 0 Å². The van der Waals surface area contributed by atoms with Crippen LogP contribution in [0.25, 0.3) is 20.8 Å². The summed E-state index contributed by atoms with van der Waals surface area (Å²) in [5.74, 6) is 0.501. The Morgan fingerprint density at radius 3 is 2.68 bits per heavy atom. The maximum absolute atomic E-state index is 12.3. The van der Waals surface area contributed by atoms with Crippen LogP contribution in [0.5, 0.6) is 5.75 Å². The minimum atomic E-state index is -0.195. The predicted octanol–water partition coefficient (Wildman–Crippen LogP) is 5.60. The van der Waals surface area contributed by atoms with Gasteiger partial charge >= 0.3 is 0 Å². The van der Waals surface area contributed by atoms with Gasteiger partial charge in [-0.15, -0.1) is 11.3 Å². The highest BCUT2D eigenvalue weighted by atomic mass is 32.1. The van der Waals surface area contributed by atoms with Gasteiger partial charge in [0.15, 0.2) is 6.61 Å². The van der Waals surface area contributed by atoms with Crippen LogP contribution in [-0.2, 0) is 4.79 Å². The van der Waals surface area contributed by atoms with Crippen molar-refractivity contribution in [1.82, 2.24) is 4.98 Å². The summed E-state index contributed by atoms with van der Waals surface area (Å²) >= 11 is 1.64. The number of carbonyl (C=O) groups excluding carboxylic acids is 1. The van der Waals surface area contributed by atoms with E-state index in [1.54, 1.807) is 11.3 Å². The number of anilines is 1. The van der Waals surface area contributed by atoms with E-state index in [4.69, 9.17) is 4.74 Å². The minimum Gasteiger partial charge on any atom is -0.484 e. The third-order valence-electron chi connectivity index (χ3n) is 4.54. The number of aromatic nitrogens is 1. The molecular weight excluding hydrogens is 368 g/mol. The Balaban J connectivity index is 1.44. The first-order valence-corrected chi connectivity index (χ1v) is 9.86. The molecule has 0 atom stereocenters. The summed E-state index contributed by atoms with van der Waals surface area (Å²) in [7, 11) is 0. The smallest absolute Gasteiger partial charge is 0.262 e. The van der Waals surface area contributed by atoms with Gasteiger partial charge in [0, 0.05) is 11.3 Å². The van der Waals surface area contributed by atoms with Gasteiger partial charge in [-0.05, 0) is 61.4 Å². The molecule has 5 heteroatoms. The van der Waals surface area contributed by atoms with Gasteiger partial charge < -0.3 is 10.1 Å². The van der Waals surface area contributed by atoms with Gasteiger partial charge in [0.2, 0.25) is 0 Å². The lowest BCUT2D eigenvalue weighted by Gasteiger charge is -2.09. The summed E-state index contributed by atoms with van der Waals surface area (Å²) in [6.07, 6.45) is 0. The van der Waals surface area contributed by atoms with Crippen LogP contribution in [0.2, 0.25) is 0 Å². The molecule has 0 bridgehead atoms. The maximum atomic E-state index is 12.3. The van der Waals surface area contributed by atoms with Crippen molar-refractivity contribution in [2.24, 2.45) is 0 Å². The molecule has 0 spiro atoms. The zero-order chi connectivity index (χ0) is 19.5. The Bertz CT molecular complexity index is 1120. The van der Waals surface area contributed by atoms with Gasteiger partial charge in [-0.2, -0.15) is 0 Å². The Kier molecular flexibility index (Phi) is 5.08. The minimum absolute atomic E-state index is 0.0339. The SMILES string of the molecule is Cc1ccc(OCC(=O)Nc2cccc(-c3nc4ccccc4s3)c2)cc1C. The quantitative estimate of drug-likeness (QED) is 0.484. The van der Waals surface area contributed by atoms with Crippen LogP contribution in [0.1, 0.15) is 11.1 Å². The lowest BCUT2D eigenvalue weighted by atomic mass is 10.1. The van der Waals surface area contributed by atoms with E-state index in [0.717, 1.165) is 32.0 Å². The molecule has 0 saturated heterocycles. The van der Waals surface area contributed by atoms with E-state index in [9.17, 15) is 4.79 Å². The van der Waals surface area contributed by atoms with Crippen LogP contribution >= 0.6 is 11.3 Å². The Morgan fingerprint density at radius 1 is 1.00 bits per heavy atom. The van der Waals surface area contributed by atoms with Crippen LogP contribution in [-0.4, -0.2) is 17.5 Å². The maximum Gasteiger partial charge on any atom is 0.262 e. The van der Waals surface area contributed by atoms with Gasteiger partial charge in [0.05, 0.1) is 10.2 Å². The summed E-state index contributed by atoms with van der Waals surface area (Å²) < 4.78 is 6.76. The second kappa shape index (κ2) is 7.82. The van der Waals surface area contributed by atoms with Crippen molar-refractivity contribution in [2.45, 2.75) is 13.8 Å². The molecule has 0 aliphatic carbocycles. The highest BCUT2D eigenvalue weighted by molar-refractivity contribution is 7.21. The van der Waals surface area contributed by atoms with E-state index in [1.165, 1.54) is 5.56 Å². The second-order valence-electron chi connectivity index (χ2n) is 6.65. The molecule has 0 fully saturated rings. The molecular formula is C23H20N2O2S. The topological polar surface area (TPSA) is 51.2 Å². The van der Waals surface area contributed by atoms with E-state index in [0.29, 0.717) is 5.75 Å². The number of benzene rings is 3. The number of carbonyl (C=O) groups is 1. The monoisotopic (exact) mass is 388 g/mol. The standard InChI is InChI=1S/C23H20N2O2S/c1-15-10-11-19(12-16(15)2)27-14-22(26)24-18-7-5-6-17(13-18)23-25-20-8-3-4-9-21(20)28-23/h3-13H,14H2,1-2H3,(H,24,26). The van der Waals surface area contributed by atoms with Gasteiger partial charge in [0.1, 0.15) is 10.8 Å².